The number of hydrogen-bond donors (Lipinski definition) is 3. The average molecular weight is 719 g/mol. The molecule has 0 unspecified atom stereocenters. The number of allylic oxidation sites excluding steroid dienone is 5. The van der Waals surface area contributed by atoms with Crippen LogP contribution in [0.5, 0.6) is 0 Å². The molecule has 0 fully saturated rings. The molecule has 0 radical (unpaired) electrons. The van der Waals surface area contributed by atoms with E-state index >= 15 is 0 Å². The number of hydrogen-bond acceptors (Lipinski definition) is 7. The zero-order valence-electron chi connectivity index (χ0n) is 32.8. The van der Waals surface area contributed by atoms with Gasteiger partial charge in [0.2, 0.25) is 0 Å². The van der Waals surface area contributed by atoms with Gasteiger partial charge in [-0.05, 0) is 38.5 Å². The molecule has 0 aromatic rings. The third-order valence-corrected chi connectivity index (χ3v) is 9.01. The molecule has 0 saturated carbocycles. The van der Waals surface area contributed by atoms with E-state index in [0.29, 0.717) is 25.7 Å². The van der Waals surface area contributed by atoms with E-state index in [2.05, 4.69) is 19.9 Å². The lowest BCUT2D eigenvalue weighted by molar-refractivity contribution is -0.152. The van der Waals surface area contributed by atoms with Crippen LogP contribution in [0.25, 0.3) is 0 Å². The largest absolute Gasteiger partial charge is 0.463 e. The second kappa shape index (κ2) is 39.0. The van der Waals surface area contributed by atoms with Crippen LogP contribution >= 0.6 is 0 Å². The number of carbonyl (C=O) groups is 2. The molecule has 7 nitrogen and oxygen atoms in total. The van der Waals surface area contributed by atoms with Gasteiger partial charge in [0.05, 0.1) is 12.2 Å². The molecule has 0 aromatic carbocycles. The Hall–Kier alpha value is -2.22. The predicted octanol–water partition coefficient (Wildman–Crippen LogP) is 11.0. The molecule has 3 atom stereocenters. The van der Waals surface area contributed by atoms with Crippen molar-refractivity contribution >= 4 is 11.9 Å². The van der Waals surface area contributed by atoms with Crippen LogP contribution in [0.3, 0.4) is 0 Å². The Morgan fingerprint density at radius 2 is 0.902 bits per heavy atom. The number of carbonyl (C=O) groups excluding carboxylic acids is 2. The minimum absolute atomic E-state index is 0.125. The van der Waals surface area contributed by atoms with Gasteiger partial charge in [-0.25, -0.2) is 0 Å². The van der Waals surface area contributed by atoms with Crippen LogP contribution in [-0.2, 0) is 19.1 Å². The van der Waals surface area contributed by atoms with Crippen LogP contribution in [0.4, 0.5) is 0 Å². The zero-order valence-corrected chi connectivity index (χ0v) is 32.8. The number of aliphatic hydroxyl groups is 3. The van der Waals surface area contributed by atoms with Crippen molar-refractivity contribution in [2.24, 2.45) is 0 Å². The molecule has 0 rings (SSSR count). The van der Waals surface area contributed by atoms with E-state index in [4.69, 9.17) is 9.47 Å². The van der Waals surface area contributed by atoms with Crippen molar-refractivity contribution in [2.75, 3.05) is 13.2 Å². The van der Waals surface area contributed by atoms with E-state index in [0.717, 1.165) is 25.7 Å². The molecule has 7 heteroatoms. The molecular weight excluding hydrogens is 640 g/mol. The summed E-state index contributed by atoms with van der Waals surface area (Å²) in [7, 11) is 0. The van der Waals surface area contributed by atoms with Crippen molar-refractivity contribution in [3.63, 3.8) is 0 Å². The van der Waals surface area contributed by atoms with Crippen molar-refractivity contribution in [1.29, 1.82) is 0 Å². The maximum absolute atomic E-state index is 12.0. The molecular formula is C44H78O7. The highest BCUT2D eigenvalue weighted by molar-refractivity contribution is 5.69. The van der Waals surface area contributed by atoms with E-state index in [1.54, 1.807) is 36.5 Å². The molecule has 0 aromatic heterocycles. The summed E-state index contributed by atoms with van der Waals surface area (Å²) in [6.45, 7) is 4.04. The molecule has 51 heavy (non-hydrogen) atoms. The van der Waals surface area contributed by atoms with E-state index in [1.165, 1.54) is 116 Å². The topological polar surface area (TPSA) is 113 Å². The summed E-state index contributed by atoms with van der Waals surface area (Å²) in [5.41, 5.74) is 0. The van der Waals surface area contributed by atoms with Crippen LogP contribution in [-0.4, -0.2) is 58.8 Å². The third kappa shape index (κ3) is 38.8. The van der Waals surface area contributed by atoms with Gasteiger partial charge in [0, 0.05) is 12.8 Å². The highest BCUT2D eigenvalue weighted by Gasteiger charge is 2.12. The van der Waals surface area contributed by atoms with Crippen LogP contribution in [0.2, 0.25) is 0 Å². The van der Waals surface area contributed by atoms with Gasteiger partial charge in [-0.3, -0.25) is 9.59 Å². The van der Waals surface area contributed by atoms with Gasteiger partial charge in [0.1, 0.15) is 19.3 Å². The highest BCUT2D eigenvalue weighted by Crippen LogP contribution is 2.15. The Kier molecular flexibility index (Phi) is 37.3. The number of esters is 2. The smallest absolute Gasteiger partial charge is 0.305 e. The van der Waals surface area contributed by atoms with Crippen molar-refractivity contribution < 1.29 is 34.4 Å². The van der Waals surface area contributed by atoms with Crippen LogP contribution in [0, 0.1) is 0 Å². The average Bonchev–Trinajstić information content (AvgIpc) is 3.12. The van der Waals surface area contributed by atoms with Gasteiger partial charge in [-0.1, -0.05) is 184 Å². The Balaban J connectivity index is 3.65. The first kappa shape index (κ1) is 48.8. The van der Waals surface area contributed by atoms with E-state index in [1.807, 2.05) is 6.08 Å². The summed E-state index contributed by atoms with van der Waals surface area (Å²) >= 11 is 0. The maximum atomic E-state index is 12.0. The van der Waals surface area contributed by atoms with Gasteiger partial charge in [-0.2, -0.15) is 0 Å². The van der Waals surface area contributed by atoms with Crippen molar-refractivity contribution in [3.05, 3.63) is 48.6 Å². The number of unbranched alkanes of at least 4 members (excludes halogenated alkanes) is 20. The summed E-state index contributed by atoms with van der Waals surface area (Å²) in [5.74, 6) is -0.793. The fraction of sp³-hybridized carbons (Fsp3) is 0.773. The Morgan fingerprint density at radius 3 is 1.39 bits per heavy atom. The van der Waals surface area contributed by atoms with Crippen molar-refractivity contribution in [3.8, 4) is 0 Å². The summed E-state index contributed by atoms with van der Waals surface area (Å²) in [6.07, 6.45) is 42.3. The van der Waals surface area contributed by atoms with E-state index in [9.17, 15) is 24.9 Å². The molecule has 0 bridgehead atoms. The number of rotatable bonds is 37. The Bertz CT molecular complexity index is 894. The fourth-order valence-electron chi connectivity index (χ4n) is 5.75. The van der Waals surface area contributed by atoms with Gasteiger partial charge in [-0.15, -0.1) is 0 Å². The lowest BCUT2D eigenvalue weighted by Gasteiger charge is -2.12. The summed E-state index contributed by atoms with van der Waals surface area (Å²) in [6, 6.07) is 0. The minimum atomic E-state index is -1.05. The normalized spacial score (nSPS) is 13.9. The first-order chi connectivity index (χ1) is 24.9. The quantitative estimate of drug-likeness (QED) is 0.0254. The third-order valence-electron chi connectivity index (χ3n) is 9.01. The molecule has 0 heterocycles. The first-order valence-electron chi connectivity index (χ1n) is 20.9. The monoisotopic (exact) mass is 719 g/mol. The second-order valence-electron chi connectivity index (χ2n) is 14.2. The SMILES string of the molecule is CCCCC/C=C\C[C@@H](O)/C=C/C=C/C=C\[C@@H](O)CCCC(=O)OC[C@H](O)COC(=O)CCCCCCCCCCCCCCCCCCCC. The van der Waals surface area contributed by atoms with Gasteiger partial charge < -0.3 is 24.8 Å². The Morgan fingerprint density at radius 1 is 0.490 bits per heavy atom. The molecule has 296 valence electrons. The zero-order chi connectivity index (χ0) is 37.5. The van der Waals surface area contributed by atoms with Crippen molar-refractivity contribution in [1.82, 2.24) is 0 Å². The number of ether oxygens (including phenoxy) is 2. The summed E-state index contributed by atoms with van der Waals surface area (Å²) in [5, 5.41) is 30.1. The first-order valence-corrected chi connectivity index (χ1v) is 20.9. The van der Waals surface area contributed by atoms with E-state index < -0.39 is 24.3 Å². The second-order valence-corrected chi connectivity index (χ2v) is 14.2. The lowest BCUT2D eigenvalue weighted by Crippen LogP contribution is -2.25. The van der Waals surface area contributed by atoms with Crippen LogP contribution in [0.1, 0.15) is 187 Å². The van der Waals surface area contributed by atoms with Gasteiger partial charge >= 0.3 is 11.9 Å². The van der Waals surface area contributed by atoms with Crippen LogP contribution < -0.4 is 0 Å². The van der Waals surface area contributed by atoms with Gasteiger partial charge in [0.25, 0.3) is 0 Å². The molecule has 0 spiro atoms. The predicted molar refractivity (Wildman–Crippen MR) is 213 cm³/mol. The molecule has 0 aliphatic rings. The molecule has 0 aliphatic carbocycles. The van der Waals surface area contributed by atoms with Gasteiger partial charge in [0.15, 0.2) is 0 Å². The minimum Gasteiger partial charge on any atom is -0.463 e. The summed E-state index contributed by atoms with van der Waals surface area (Å²) in [4.78, 5) is 24.0. The van der Waals surface area contributed by atoms with Crippen LogP contribution in [0.15, 0.2) is 48.6 Å². The maximum Gasteiger partial charge on any atom is 0.305 e. The molecule has 0 saturated heterocycles. The fourth-order valence-corrected chi connectivity index (χ4v) is 5.75. The molecule has 0 aliphatic heterocycles. The van der Waals surface area contributed by atoms with E-state index in [-0.39, 0.29) is 25.6 Å². The summed E-state index contributed by atoms with van der Waals surface area (Å²) < 4.78 is 10.2. The lowest BCUT2D eigenvalue weighted by atomic mass is 10.0. The Labute approximate surface area is 313 Å². The standard InChI is InChI=1S/C44H78O7/c1-3-5-7-9-11-12-13-14-15-16-17-18-19-20-21-22-24-30-36-43(48)50-38-42(47)39-51-44(49)37-31-35-41(46)34-29-26-25-28-33-40(45)32-27-23-10-8-6-4-2/h23,25-29,33-34,40-42,45-47H,3-22,24,30-32,35-39H2,1-2H3/b26-25+,27-23-,33-28+,34-29-/t40-,41-,42-/m1/s1. The molecule has 3 N–H and O–H groups in total. The highest BCUT2D eigenvalue weighted by atomic mass is 16.6. The van der Waals surface area contributed by atoms with Crippen molar-refractivity contribution in [2.45, 2.75) is 206 Å². The number of aliphatic hydroxyl groups excluding tert-OH is 3. The molecule has 0 amide bonds.